The van der Waals surface area contributed by atoms with E-state index in [0.29, 0.717) is 0 Å². The zero-order valence-electron chi connectivity index (χ0n) is 6.16. The third-order valence-corrected chi connectivity index (χ3v) is 1.51. The van der Waals surface area contributed by atoms with Gasteiger partial charge in [-0.25, -0.2) is 9.59 Å². The summed E-state index contributed by atoms with van der Waals surface area (Å²) in [5, 5.41) is 0. The van der Waals surface area contributed by atoms with Crippen molar-refractivity contribution in [2.24, 2.45) is 0 Å². The Bertz CT molecular complexity index is 234. The quantitative estimate of drug-likeness (QED) is 0.406. The van der Waals surface area contributed by atoms with E-state index in [0.717, 1.165) is 6.47 Å². The number of hydrogen-bond acceptors (Lipinski definition) is 5. The maximum Gasteiger partial charge on any atom is 0.419 e. The molecule has 1 aliphatic carbocycles. The van der Waals surface area contributed by atoms with Crippen LogP contribution in [-0.2, 0) is 23.9 Å². The maximum absolute atomic E-state index is 10.9. The molecule has 0 aromatic rings. The van der Waals surface area contributed by atoms with Crippen LogP contribution in [0.4, 0.5) is 0 Å². The van der Waals surface area contributed by atoms with Crippen LogP contribution in [0.5, 0.6) is 0 Å². The van der Waals surface area contributed by atoms with E-state index < -0.39 is 17.4 Å². The second-order valence-corrected chi connectivity index (χ2v) is 2.25. The predicted molar refractivity (Wildman–Crippen MR) is 35.4 cm³/mol. The fraction of sp³-hybridized carbons (Fsp3) is 0.429. The molecule has 0 bridgehead atoms. The Hall–Kier alpha value is -1.39. The smallest absolute Gasteiger partial charge is 0.419 e. The van der Waals surface area contributed by atoms with E-state index in [1.165, 1.54) is 0 Å². The first-order chi connectivity index (χ1) is 5.67. The molecule has 1 unspecified atom stereocenters. The molecule has 1 rings (SSSR count). The van der Waals surface area contributed by atoms with Crippen LogP contribution in [0.25, 0.3) is 0 Å². The zero-order valence-corrected chi connectivity index (χ0v) is 6.16. The molecule has 2 radical (unpaired) electrons. The van der Waals surface area contributed by atoms with Crippen LogP contribution < -0.4 is 0 Å². The van der Waals surface area contributed by atoms with Crippen LogP contribution in [-0.4, -0.2) is 30.4 Å². The summed E-state index contributed by atoms with van der Waals surface area (Å²) in [4.78, 5) is 31.4. The molecule has 1 atom stereocenters. The van der Waals surface area contributed by atoms with Gasteiger partial charge in [0, 0.05) is 0 Å². The number of ketones is 1. The van der Waals surface area contributed by atoms with Gasteiger partial charge >= 0.3 is 12.4 Å². The van der Waals surface area contributed by atoms with E-state index in [1.807, 2.05) is 0 Å². The fourth-order valence-corrected chi connectivity index (χ4v) is 0.783. The Morgan fingerprint density at radius 3 is 2.67 bits per heavy atom. The van der Waals surface area contributed by atoms with Crippen molar-refractivity contribution >= 4 is 18.2 Å². The van der Waals surface area contributed by atoms with E-state index in [1.54, 1.807) is 0 Å². The molecule has 1 saturated carbocycles. The Balaban J connectivity index is 2.62. The van der Waals surface area contributed by atoms with Crippen LogP contribution in [0.3, 0.4) is 0 Å². The summed E-state index contributed by atoms with van der Waals surface area (Å²) in [6, 6.07) is 0. The SMILES string of the molecule is [CH2]COC(=O)C1(O[C]=O)CC1=O. The number of carbonyl (C=O) groups excluding carboxylic acids is 3. The van der Waals surface area contributed by atoms with Gasteiger partial charge in [-0.05, 0) is 6.92 Å². The monoisotopic (exact) mass is 170 g/mol. The van der Waals surface area contributed by atoms with Gasteiger partial charge in [-0.1, -0.05) is 0 Å². The highest BCUT2D eigenvalue weighted by Gasteiger charge is 2.65. The minimum atomic E-state index is -1.69. The van der Waals surface area contributed by atoms with Crippen molar-refractivity contribution in [2.75, 3.05) is 6.61 Å². The molecule has 1 aliphatic rings. The van der Waals surface area contributed by atoms with Gasteiger partial charge in [-0.3, -0.25) is 4.79 Å². The highest BCUT2D eigenvalue weighted by molar-refractivity contribution is 6.21. The summed E-state index contributed by atoms with van der Waals surface area (Å²) in [6.07, 6.45) is -0.124. The van der Waals surface area contributed by atoms with Gasteiger partial charge in [0.05, 0.1) is 13.0 Å². The van der Waals surface area contributed by atoms with E-state index >= 15 is 0 Å². The summed E-state index contributed by atoms with van der Waals surface area (Å²) in [6.45, 7) is 4.19. The Labute approximate surface area is 68.6 Å². The highest BCUT2D eigenvalue weighted by Crippen LogP contribution is 2.35. The molecular formula is C7H6O5. The average molecular weight is 170 g/mol. The number of ether oxygens (including phenoxy) is 2. The van der Waals surface area contributed by atoms with E-state index in [9.17, 15) is 14.4 Å². The zero-order chi connectivity index (χ0) is 9.19. The molecule has 0 amide bonds. The molecule has 0 spiro atoms. The van der Waals surface area contributed by atoms with E-state index in [2.05, 4.69) is 16.4 Å². The van der Waals surface area contributed by atoms with E-state index in [4.69, 9.17) is 0 Å². The third-order valence-electron chi connectivity index (χ3n) is 1.51. The van der Waals surface area contributed by atoms with Crippen LogP contribution in [0.2, 0.25) is 0 Å². The van der Waals surface area contributed by atoms with Crippen LogP contribution in [0, 0.1) is 6.92 Å². The van der Waals surface area contributed by atoms with Gasteiger partial charge in [0.2, 0.25) is 0 Å². The Morgan fingerprint density at radius 2 is 2.33 bits per heavy atom. The lowest BCUT2D eigenvalue weighted by Crippen LogP contribution is -2.30. The molecule has 0 aromatic heterocycles. The molecule has 5 heteroatoms. The Kier molecular flexibility index (Phi) is 2.12. The molecule has 64 valence electrons. The number of carbonyl (C=O) groups is 2. The number of hydrogen-bond donors (Lipinski definition) is 0. The van der Waals surface area contributed by atoms with Crippen molar-refractivity contribution in [1.82, 2.24) is 0 Å². The first-order valence-electron chi connectivity index (χ1n) is 3.22. The van der Waals surface area contributed by atoms with Gasteiger partial charge in [0.1, 0.15) is 0 Å². The fourth-order valence-electron chi connectivity index (χ4n) is 0.783. The third kappa shape index (κ3) is 1.17. The first kappa shape index (κ1) is 8.70. The van der Waals surface area contributed by atoms with E-state index in [-0.39, 0.29) is 13.0 Å². The van der Waals surface area contributed by atoms with Crippen LogP contribution in [0.15, 0.2) is 0 Å². The predicted octanol–water partition coefficient (Wildman–Crippen LogP) is -0.841. The van der Waals surface area contributed by atoms with Gasteiger partial charge in [0.25, 0.3) is 5.60 Å². The lowest BCUT2D eigenvalue weighted by molar-refractivity contribution is -0.155. The largest absolute Gasteiger partial charge is 0.462 e. The highest BCUT2D eigenvalue weighted by atomic mass is 16.6. The normalized spacial score (nSPS) is 26.2. The van der Waals surface area contributed by atoms with Crippen LogP contribution >= 0.6 is 0 Å². The Morgan fingerprint density at radius 1 is 1.75 bits per heavy atom. The lowest BCUT2D eigenvalue weighted by Gasteiger charge is -2.07. The second kappa shape index (κ2) is 2.92. The molecule has 0 N–H and O–H groups in total. The van der Waals surface area contributed by atoms with Crippen molar-refractivity contribution in [3.8, 4) is 0 Å². The number of esters is 1. The minimum Gasteiger partial charge on any atom is -0.462 e. The van der Waals surface area contributed by atoms with Crippen molar-refractivity contribution in [2.45, 2.75) is 12.0 Å². The lowest BCUT2D eigenvalue weighted by atomic mass is 10.3. The molecule has 12 heavy (non-hydrogen) atoms. The van der Waals surface area contributed by atoms with Crippen molar-refractivity contribution in [1.29, 1.82) is 0 Å². The summed E-state index contributed by atoms with van der Waals surface area (Å²) in [5.74, 6) is -1.34. The van der Waals surface area contributed by atoms with Gasteiger partial charge in [-0.15, -0.1) is 0 Å². The number of rotatable bonds is 4. The second-order valence-electron chi connectivity index (χ2n) is 2.25. The summed E-state index contributed by atoms with van der Waals surface area (Å²) >= 11 is 0. The summed E-state index contributed by atoms with van der Waals surface area (Å²) < 4.78 is 8.63. The van der Waals surface area contributed by atoms with Gasteiger partial charge in [0.15, 0.2) is 5.78 Å². The number of Topliss-reactive ketones (excluding diaryl/α,β-unsaturated/α-hetero) is 1. The minimum absolute atomic E-state index is 0.101. The van der Waals surface area contributed by atoms with Crippen molar-refractivity contribution < 1.29 is 23.9 Å². The van der Waals surface area contributed by atoms with Crippen LogP contribution in [0.1, 0.15) is 6.42 Å². The maximum atomic E-state index is 10.9. The standard InChI is InChI=1S/C7H6O5/c1-2-11-6(10)7(12-4-8)3-5(7)9/h1-3H2. The van der Waals surface area contributed by atoms with Gasteiger partial charge < -0.3 is 9.47 Å². The molecule has 0 aromatic carbocycles. The molecule has 5 nitrogen and oxygen atoms in total. The molecule has 0 aliphatic heterocycles. The van der Waals surface area contributed by atoms with Crippen molar-refractivity contribution in [3.63, 3.8) is 0 Å². The molecular weight excluding hydrogens is 164 g/mol. The van der Waals surface area contributed by atoms with Crippen molar-refractivity contribution in [3.05, 3.63) is 6.92 Å². The van der Waals surface area contributed by atoms with Gasteiger partial charge in [-0.2, -0.15) is 0 Å². The molecule has 0 heterocycles. The topological polar surface area (TPSA) is 69.7 Å². The average Bonchev–Trinajstić information content (AvgIpc) is 2.64. The summed E-state index contributed by atoms with van der Waals surface area (Å²) in [5.41, 5.74) is -1.69. The summed E-state index contributed by atoms with van der Waals surface area (Å²) in [7, 11) is 0. The molecule has 1 fully saturated rings. The first-order valence-corrected chi connectivity index (χ1v) is 3.22. The molecule has 0 saturated heterocycles.